The van der Waals surface area contributed by atoms with E-state index in [1.54, 1.807) is 0 Å². The van der Waals surface area contributed by atoms with Gasteiger partial charge in [-0.3, -0.25) is 29.3 Å². The van der Waals surface area contributed by atoms with E-state index in [-0.39, 0.29) is 101 Å². The fourth-order valence-corrected chi connectivity index (χ4v) is 11.1. The van der Waals surface area contributed by atoms with Gasteiger partial charge < -0.3 is 53.1 Å². The molecule has 20 heteroatoms. The number of amides is 2. The topological polar surface area (TPSA) is 234 Å². The van der Waals surface area contributed by atoms with E-state index in [2.05, 4.69) is 27.7 Å². The van der Waals surface area contributed by atoms with E-state index >= 15 is 0 Å². The van der Waals surface area contributed by atoms with Gasteiger partial charge in [-0.1, -0.05) is 285 Å². The quantitative estimate of drug-likeness (QED) is 0.0210. The second kappa shape index (κ2) is 75.1. The lowest BCUT2D eigenvalue weighted by Gasteiger charge is -2.22. The van der Waals surface area contributed by atoms with Gasteiger partial charge in [0.25, 0.3) is 5.69 Å². The van der Waals surface area contributed by atoms with Gasteiger partial charge in [-0.25, -0.2) is 9.59 Å². The molecule has 0 aromatic heterocycles. The number of likely N-dealkylation sites (N-methyl/N-ethyl adjacent to an activating group) is 2. The fourth-order valence-electron chi connectivity index (χ4n) is 11.1. The van der Waals surface area contributed by atoms with E-state index < -0.39 is 17.1 Å². The molecule has 100 heavy (non-hydrogen) atoms. The maximum Gasteiger partial charge on any atom is 0.415 e. The first kappa shape index (κ1) is 97.0. The molecule has 0 heterocycles. The molecule has 2 amide bonds. The first-order valence-electron chi connectivity index (χ1n) is 40.2. The number of hydrogen-bond acceptors (Lipinski definition) is 17. The molecule has 20 nitrogen and oxygen atoms in total. The zero-order valence-corrected chi connectivity index (χ0v) is 65.1. The van der Waals surface area contributed by atoms with Crippen molar-refractivity contribution in [1.29, 1.82) is 0 Å². The predicted molar refractivity (Wildman–Crippen MR) is 406 cm³/mol. The number of esters is 4. The maximum absolute atomic E-state index is 12.9. The minimum Gasteiger partial charge on any atom is -0.464 e. The van der Waals surface area contributed by atoms with Crippen LogP contribution in [0.5, 0.6) is 5.75 Å². The number of benzene rings is 1. The lowest BCUT2D eigenvalue weighted by Crippen LogP contribution is -2.39. The molecule has 1 aromatic rings. The Hall–Kier alpha value is -5.08. The molecule has 0 fully saturated rings. The molecule has 0 aliphatic heterocycles. The lowest BCUT2D eigenvalue weighted by atomic mass is 10.1. The van der Waals surface area contributed by atoms with Crippen LogP contribution in [0, 0.1) is 10.1 Å². The number of nitrogens with zero attached hydrogens (tertiary/aromatic N) is 5. The van der Waals surface area contributed by atoms with Crippen LogP contribution in [0.3, 0.4) is 0 Å². The standard InChI is InChI=1S/C39H66N2O8.C37H72N2O6.C4H11NO/c1-3-5-7-9-11-13-15-17-19-21-23-25-37(42)47-33-31-40(39(44)49-36-29-27-35(28-30-36)41(45)46)32-34-48-38(43)26-24-22-20-18-16-14-12-10-8-6-4-2;1-5-7-9-11-13-15-17-19-21-23-25-27-35(40)43-33-30-39(37(42)45-32-29-38(3)4)31-34-44-36(41)28-26-24-22-20-18-16-14-12-10-8-6-2;1-5(2)3-4-6/h27-30H,3-26,31-34H2,1-2H3;5-34H2,1-4H3;6H,3-4H2,1-2H3. The van der Waals surface area contributed by atoms with Crippen molar-refractivity contribution in [2.75, 3.05) is 107 Å². The van der Waals surface area contributed by atoms with Crippen LogP contribution in [0.25, 0.3) is 0 Å². The zero-order valence-electron chi connectivity index (χ0n) is 65.1. The zero-order chi connectivity index (χ0) is 74.0. The van der Waals surface area contributed by atoms with Crippen LogP contribution < -0.4 is 4.74 Å². The van der Waals surface area contributed by atoms with E-state index in [1.807, 2.05) is 38.0 Å². The highest BCUT2D eigenvalue weighted by atomic mass is 16.6. The fraction of sp³-hybridized carbons (Fsp3) is 0.850. The van der Waals surface area contributed by atoms with Crippen molar-refractivity contribution in [2.45, 2.75) is 336 Å². The SMILES string of the molecule is CCCCCCCCCCCCCC(=O)OCCN(CCOC(=O)CCCCCCCCCCCCC)C(=O)OCCN(C)C.CCCCCCCCCCCCCC(=O)OCCN(CCOC(=O)CCCCCCCCCCCCC)C(=O)Oc1ccc([N+](=O)[O-])cc1.CN(C)CCO. The summed E-state index contributed by atoms with van der Waals surface area (Å²) in [6.45, 7) is 11.6. The summed E-state index contributed by atoms with van der Waals surface area (Å²) in [6.07, 6.45) is 53.8. The summed E-state index contributed by atoms with van der Waals surface area (Å²) in [7, 11) is 7.68. The highest BCUT2D eigenvalue weighted by Gasteiger charge is 2.20. The van der Waals surface area contributed by atoms with E-state index in [0.717, 1.165) is 83.6 Å². The normalized spacial score (nSPS) is 10.9. The molecule has 0 bridgehead atoms. The van der Waals surface area contributed by atoms with Crippen molar-refractivity contribution in [1.82, 2.24) is 19.6 Å². The van der Waals surface area contributed by atoms with E-state index in [0.29, 0.717) is 32.2 Å². The number of carbonyl (C=O) groups is 6. The Morgan fingerprint density at radius 2 is 0.560 bits per heavy atom. The number of carbonyl (C=O) groups excluding carboxylic acids is 6. The molecule has 584 valence electrons. The van der Waals surface area contributed by atoms with Gasteiger partial charge in [0.15, 0.2) is 0 Å². The summed E-state index contributed by atoms with van der Waals surface area (Å²) >= 11 is 0. The second-order valence-electron chi connectivity index (χ2n) is 27.6. The molecule has 1 aromatic carbocycles. The number of aliphatic hydroxyl groups is 1. The molecule has 0 aliphatic carbocycles. The average molecular weight is 1420 g/mol. The summed E-state index contributed by atoms with van der Waals surface area (Å²) in [4.78, 5) is 91.7. The average Bonchev–Trinajstić information content (AvgIpc) is 0.890. The van der Waals surface area contributed by atoms with Crippen molar-refractivity contribution < 1.29 is 67.2 Å². The molecule has 0 saturated carbocycles. The number of nitro groups is 1. The van der Waals surface area contributed by atoms with Gasteiger partial charge in [0.05, 0.1) is 37.7 Å². The van der Waals surface area contributed by atoms with Gasteiger partial charge in [-0.15, -0.1) is 0 Å². The smallest absolute Gasteiger partial charge is 0.415 e. The van der Waals surface area contributed by atoms with Crippen LogP contribution in [0.1, 0.15) is 336 Å². The Bertz CT molecular complexity index is 1960. The molecule has 1 N–H and O–H groups in total. The molecule has 1 rings (SSSR count). The van der Waals surface area contributed by atoms with E-state index in [4.69, 9.17) is 33.5 Å². The summed E-state index contributed by atoms with van der Waals surface area (Å²) < 4.78 is 32.4. The summed E-state index contributed by atoms with van der Waals surface area (Å²) in [5.41, 5.74) is -0.119. The number of nitro benzene ring substituents is 1. The van der Waals surface area contributed by atoms with Gasteiger partial charge in [0.2, 0.25) is 0 Å². The van der Waals surface area contributed by atoms with Crippen LogP contribution in [0.15, 0.2) is 24.3 Å². The first-order chi connectivity index (χ1) is 48.5. The van der Waals surface area contributed by atoms with Crippen LogP contribution in [-0.4, -0.2) is 173 Å². The largest absolute Gasteiger partial charge is 0.464 e. The third-order valence-electron chi connectivity index (χ3n) is 17.5. The minimum atomic E-state index is -0.725. The van der Waals surface area contributed by atoms with Crippen molar-refractivity contribution in [2.24, 2.45) is 0 Å². The minimum absolute atomic E-state index is 0.0150. The van der Waals surface area contributed by atoms with Crippen molar-refractivity contribution in [3.8, 4) is 5.75 Å². The molecule has 0 atom stereocenters. The molecule has 0 saturated heterocycles. The van der Waals surface area contributed by atoms with Crippen molar-refractivity contribution >= 4 is 41.8 Å². The Balaban J connectivity index is 0. The Morgan fingerprint density at radius 3 is 0.780 bits per heavy atom. The van der Waals surface area contributed by atoms with Gasteiger partial charge in [0, 0.05) is 50.9 Å². The lowest BCUT2D eigenvalue weighted by molar-refractivity contribution is -0.384. The number of aliphatic hydroxyl groups excluding tert-OH is 1. The van der Waals surface area contributed by atoms with Crippen molar-refractivity contribution in [3.63, 3.8) is 0 Å². The Labute approximate surface area is 609 Å². The monoisotopic (exact) mass is 1420 g/mol. The number of hydrogen-bond donors (Lipinski definition) is 1. The Morgan fingerprint density at radius 1 is 0.330 bits per heavy atom. The number of unbranched alkanes of at least 4 members (excludes halogenated alkanes) is 40. The van der Waals surface area contributed by atoms with Crippen LogP contribution in [0.4, 0.5) is 15.3 Å². The number of non-ortho nitro benzene ring substituents is 1. The molecule has 0 spiro atoms. The third-order valence-corrected chi connectivity index (χ3v) is 17.5. The molecule has 0 unspecified atom stereocenters. The van der Waals surface area contributed by atoms with Gasteiger partial charge in [-0.2, -0.15) is 0 Å². The van der Waals surface area contributed by atoms with Crippen LogP contribution >= 0.6 is 0 Å². The van der Waals surface area contributed by atoms with E-state index in [9.17, 15) is 38.9 Å². The Kier molecular flexibility index (Phi) is 72.8. The molecule has 0 aliphatic rings. The summed E-state index contributed by atoms with van der Waals surface area (Å²) in [5.74, 6) is -0.936. The third kappa shape index (κ3) is 70.0. The summed E-state index contributed by atoms with van der Waals surface area (Å²) in [5, 5.41) is 19.1. The highest BCUT2D eigenvalue weighted by molar-refractivity contribution is 5.72. The predicted octanol–water partition coefficient (Wildman–Crippen LogP) is 19.9. The van der Waals surface area contributed by atoms with E-state index in [1.165, 1.54) is 240 Å². The van der Waals surface area contributed by atoms with Gasteiger partial charge in [0.1, 0.15) is 38.8 Å². The molecule has 0 radical (unpaired) electrons. The first-order valence-corrected chi connectivity index (χ1v) is 40.2. The van der Waals surface area contributed by atoms with Crippen LogP contribution in [-0.2, 0) is 42.9 Å². The van der Waals surface area contributed by atoms with Gasteiger partial charge in [-0.05, 0) is 66.0 Å². The number of rotatable bonds is 67. The summed E-state index contributed by atoms with van der Waals surface area (Å²) in [6, 6.07) is 5.19. The molecular weight excluding hydrogens is 1270 g/mol. The number of ether oxygens (including phenoxy) is 6. The maximum atomic E-state index is 12.9. The van der Waals surface area contributed by atoms with Crippen molar-refractivity contribution in [3.05, 3.63) is 34.4 Å². The van der Waals surface area contributed by atoms with Crippen LogP contribution in [0.2, 0.25) is 0 Å². The second-order valence-corrected chi connectivity index (χ2v) is 27.6. The van der Waals surface area contributed by atoms with Gasteiger partial charge >= 0.3 is 36.1 Å². The molecular formula is C80H149N5O15. The highest BCUT2D eigenvalue weighted by Crippen LogP contribution is 2.20.